The molecule has 0 radical (unpaired) electrons. The fourth-order valence-corrected chi connectivity index (χ4v) is 2.95. The lowest BCUT2D eigenvalue weighted by Gasteiger charge is -2.21. The first-order valence-electron chi connectivity index (χ1n) is 7.59. The van der Waals surface area contributed by atoms with Gasteiger partial charge in [0.25, 0.3) is 0 Å². The number of benzene rings is 1. The van der Waals surface area contributed by atoms with E-state index in [1.165, 1.54) is 18.9 Å². The van der Waals surface area contributed by atoms with Gasteiger partial charge in [-0.2, -0.15) is 0 Å². The van der Waals surface area contributed by atoms with Crippen LogP contribution < -0.4 is 10.1 Å². The van der Waals surface area contributed by atoms with Crippen LogP contribution in [0.3, 0.4) is 0 Å². The average Bonchev–Trinajstić information content (AvgIpc) is 2.64. The highest BCUT2D eigenvalue weighted by Crippen LogP contribution is 2.33. The molecule has 0 saturated heterocycles. The maximum Gasteiger partial charge on any atom is 0.573 e. The minimum absolute atomic E-state index is 0.152. The largest absolute Gasteiger partial charge is 0.573 e. The highest BCUT2D eigenvalue weighted by atomic mass is 19.4. The fourth-order valence-electron chi connectivity index (χ4n) is 2.95. The molecular formula is C16H22F3NO. The van der Waals surface area contributed by atoms with E-state index < -0.39 is 6.36 Å². The highest BCUT2D eigenvalue weighted by Gasteiger charge is 2.32. The van der Waals surface area contributed by atoms with Gasteiger partial charge in [0.15, 0.2) is 5.75 Å². The van der Waals surface area contributed by atoms with Crippen molar-refractivity contribution in [2.45, 2.75) is 57.9 Å². The van der Waals surface area contributed by atoms with Crippen LogP contribution in [0.1, 0.15) is 45.4 Å². The number of anilines is 1. The molecule has 1 aromatic rings. The van der Waals surface area contributed by atoms with Crippen LogP contribution in [-0.2, 0) is 0 Å². The Balaban J connectivity index is 2.02. The summed E-state index contributed by atoms with van der Waals surface area (Å²) in [7, 11) is 0. The molecule has 1 aliphatic carbocycles. The monoisotopic (exact) mass is 301 g/mol. The van der Waals surface area contributed by atoms with Crippen LogP contribution >= 0.6 is 0 Å². The molecule has 21 heavy (non-hydrogen) atoms. The Kier molecular flexibility index (Phi) is 5.37. The van der Waals surface area contributed by atoms with Crippen molar-refractivity contribution in [3.63, 3.8) is 0 Å². The first-order valence-corrected chi connectivity index (χ1v) is 7.59. The molecule has 118 valence electrons. The van der Waals surface area contributed by atoms with Crippen LogP contribution in [0.5, 0.6) is 5.75 Å². The van der Waals surface area contributed by atoms with Crippen molar-refractivity contribution in [2.24, 2.45) is 5.92 Å². The number of rotatable bonds is 4. The second kappa shape index (κ2) is 7.05. The standard InChI is InChI=1S/C16H22F3NO/c1-2-12-6-5-7-13(11-10-12)20-14-8-3-4-9-15(14)21-16(17,18)19/h3-4,8-9,12-13,20H,2,5-7,10-11H2,1H3. The fraction of sp³-hybridized carbons (Fsp3) is 0.625. The maximum absolute atomic E-state index is 12.4. The molecule has 0 bridgehead atoms. The third-order valence-electron chi connectivity index (χ3n) is 4.14. The Morgan fingerprint density at radius 1 is 1.14 bits per heavy atom. The minimum atomic E-state index is -4.66. The molecule has 0 aromatic heterocycles. The molecule has 1 aromatic carbocycles. The Labute approximate surface area is 123 Å². The first-order chi connectivity index (χ1) is 9.98. The van der Waals surface area contributed by atoms with Gasteiger partial charge in [-0.05, 0) is 37.3 Å². The van der Waals surface area contributed by atoms with Gasteiger partial charge in [0.2, 0.25) is 0 Å². The molecule has 1 aliphatic rings. The molecular weight excluding hydrogens is 279 g/mol. The van der Waals surface area contributed by atoms with E-state index in [0.717, 1.165) is 31.6 Å². The van der Waals surface area contributed by atoms with E-state index >= 15 is 0 Å². The minimum Gasteiger partial charge on any atom is -0.404 e. The molecule has 0 heterocycles. The Bertz CT molecular complexity index is 447. The van der Waals surface area contributed by atoms with Crippen molar-refractivity contribution < 1.29 is 17.9 Å². The number of hydrogen-bond donors (Lipinski definition) is 1. The number of ether oxygens (including phenoxy) is 1. The molecule has 0 amide bonds. The van der Waals surface area contributed by atoms with Gasteiger partial charge in [-0.15, -0.1) is 13.2 Å². The number of alkyl halides is 3. The van der Waals surface area contributed by atoms with Gasteiger partial charge in [-0.3, -0.25) is 0 Å². The Hall–Kier alpha value is -1.39. The summed E-state index contributed by atoms with van der Waals surface area (Å²) in [6.07, 6.45) is 2.00. The van der Waals surface area contributed by atoms with Crippen LogP contribution in [0.25, 0.3) is 0 Å². The van der Waals surface area contributed by atoms with Gasteiger partial charge < -0.3 is 10.1 Å². The summed E-state index contributed by atoms with van der Waals surface area (Å²) in [4.78, 5) is 0. The quantitative estimate of drug-likeness (QED) is 0.756. The molecule has 2 unspecified atom stereocenters. The van der Waals surface area contributed by atoms with E-state index in [2.05, 4.69) is 17.0 Å². The van der Waals surface area contributed by atoms with Crippen LogP contribution in [0.15, 0.2) is 24.3 Å². The van der Waals surface area contributed by atoms with E-state index in [1.807, 2.05) is 0 Å². The third kappa shape index (κ3) is 5.14. The van der Waals surface area contributed by atoms with Gasteiger partial charge in [0.1, 0.15) is 0 Å². The maximum atomic E-state index is 12.4. The van der Waals surface area contributed by atoms with Crippen molar-refractivity contribution in [1.29, 1.82) is 0 Å². The van der Waals surface area contributed by atoms with Crippen molar-refractivity contribution >= 4 is 5.69 Å². The summed E-state index contributed by atoms with van der Waals surface area (Å²) < 4.78 is 41.3. The van der Waals surface area contributed by atoms with E-state index in [0.29, 0.717) is 5.69 Å². The summed E-state index contributed by atoms with van der Waals surface area (Å²) >= 11 is 0. The number of para-hydroxylation sites is 2. The number of hydrogen-bond acceptors (Lipinski definition) is 2. The summed E-state index contributed by atoms with van der Waals surface area (Å²) in [5, 5.41) is 3.23. The Morgan fingerprint density at radius 3 is 2.62 bits per heavy atom. The van der Waals surface area contributed by atoms with Crippen LogP contribution in [0.4, 0.5) is 18.9 Å². The zero-order chi connectivity index (χ0) is 15.3. The van der Waals surface area contributed by atoms with E-state index in [1.54, 1.807) is 18.2 Å². The normalized spacial score (nSPS) is 23.4. The first kappa shape index (κ1) is 16.0. The second-order valence-electron chi connectivity index (χ2n) is 5.67. The van der Waals surface area contributed by atoms with Crippen LogP contribution in [-0.4, -0.2) is 12.4 Å². The van der Waals surface area contributed by atoms with E-state index in [4.69, 9.17) is 0 Å². The summed E-state index contributed by atoms with van der Waals surface area (Å²) in [5.74, 6) is 0.597. The van der Waals surface area contributed by atoms with E-state index in [9.17, 15) is 13.2 Å². The zero-order valence-corrected chi connectivity index (χ0v) is 12.2. The molecule has 0 aliphatic heterocycles. The SMILES string of the molecule is CCC1CCCC(Nc2ccccc2OC(F)(F)F)CC1. The molecule has 2 atom stereocenters. The smallest absolute Gasteiger partial charge is 0.404 e. The van der Waals surface area contributed by atoms with Crippen LogP contribution in [0, 0.1) is 5.92 Å². The lowest BCUT2D eigenvalue weighted by molar-refractivity contribution is -0.274. The lowest BCUT2D eigenvalue weighted by Crippen LogP contribution is -2.22. The van der Waals surface area contributed by atoms with Gasteiger partial charge >= 0.3 is 6.36 Å². The summed E-state index contributed by atoms with van der Waals surface area (Å²) in [6, 6.07) is 6.48. The predicted octanol–water partition coefficient (Wildman–Crippen LogP) is 5.36. The molecule has 1 fully saturated rings. The zero-order valence-electron chi connectivity index (χ0n) is 12.2. The van der Waals surface area contributed by atoms with E-state index in [-0.39, 0.29) is 11.8 Å². The summed E-state index contributed by atoms with van der Waals surface area (Å²) in [6.45, 7) is 2.20. The summed E-state index contributed by atoms with van der Waals surface area (Å²) in [5.41, 5.74) is 0.426. The molecule has 0 spiro atoms. The van der Waals surface area contributed by atoms with Gasteiger partial charge in [0, 0.05) is 6.04 Å². The number of halogens is 3. The molecule has 5 heteroatoms. The van der Waals surface area contributed by atoms with Gasteiger partial charge in [-0.1, -0.05) is 38.3 Å². The van der Waals surface area contributed by atoms with Crippen molar-refractivity contribution in [2.75, 3.05) is 5.32 Å². The van der Waals surface area contributed by atoms with Crippen LogP contribution in [0.2, 0.25) is 0 Å². The molecule has 2 nitrogen and oxygen atoms in total. The highest BCUT2D eigenvalue weighted by molar-refractivity contribution is 5.56. The van der Waals surface area contributed by atoms with Crippen molar-refractivity contribution in [3.8, 4) is 5.75 Å². The van der Waals surface area contributed by atoms with Gasteiger partial charge in [0.05, 0.1) is 5.69 Å². The molecule has 2 rings (SSSR count). The average molecular weight is 301 g/mol. The van der Waals surface area contributed by atoms with Crippen molar-refractivity contribution in [1.82, 2.24) is 0 Å². The molecule has 1 saturated carbocycles. The third-order valence-corrected chi connectivity index (χ3v) is 4.14. The predicted molar refractivity (Wildman–Crippen MR) is 77.4 cm³/mol. The second-order valence-corrected chi connectivity index (χ2v) is 5.67. The molecule has 1 N–H and O–H groups in total. The lowest BCUT2D eigenvalue weighted by atomic mass is 9.98. The number of nitrogens with one attached hydrogen (secondary N) is 1. The topological polar surface area (TPSA) is 21.3 Å². The van der Waals surface area contributed by atoms with Crippen molar-refractivity contribution in [3.05, 3.63) is 24.3 Å². The Morgan fingerprint density at radius 2 is 1.90 bits per heavy atom. The van der Waals surface area contributed by atoms with Gasteiger partial charge in [-0.25, -0.2) is 0 Å².